The quantitative estimate of drug-likeness (QED) is 0.0238. The minimum atomic E-state index is -0.549. The van der Waals surface area contributed by atoms with Crippen molar-refractivity contribution in [1.29, 1.82) is 0 Å². The highest BCUT2D eigenvalue weighted by Gasteiger charge is 2.01. The van der Waals surface area contributed by atoms with Gasteiger partial charge < -0.3 is 40.1 Å². The molecule has 0 atom stereocenters. The van der Waals surface area contributed by atoms with Crippen LogP contribution in [-0.2, 0) is 29.0 Å². The number of aliphatic hydroxyl groups is 2. The van der Waals surface area contributed by atoms with E-state index in [1.807, 2.05) is 0 Å². The maximum absolute atomic E-state index is 11.6. The molecule has 0 spiro atoms. The highest BCUT2D eigenvalue weighted by molar-refractivity contribution is 8.16. The van der Waals surface area contributed by atoms with Crippen LogP contribution in [0.15, 0.2) is 9.98 Å². The van der Waals surface area contributed by atoms with Crippen molar-refractivity contribution in [3.05, 3.63) is 0 Å². The van der Waals surface area contributed by atoms with Crippen LogP contribution in [-0.4, -0.2) is 125 Å². The summed E-state index contributed by atoms with van der Waals surface area (Å²) < 4.78 is 9.76. The first kappa shape index (κ1) is 38.4. The smallest absolute Gasteiger partial charge is 0.407 e. The summed E-state index contributed by atoms with van der Waals surface area (Å²) in [6, 6.07) is 0. The SMILES string of the molecule is O=C(NCSCSCN=COOCCO)OCCSCSCCOO/C=N/CSCSCNC(=O)OCCO. The van der Waals surface area contributed by atoms with Gasteiger partial charge >= 0.3 is 12.2 Å². The number of alkyl carbamates (subject to hydrolysis) is 2. The van der Waals surface area contributed by atoms with Crippen LogP contribution in [0.2, 0.25) is 0 Å². The molecule has 0 rings (SSSR count). The molecular formula is C19H36N4O10S6. The second kappa shape index (κ2) is 33.6. The van der Waals surface area contributed by atoms with E-state index in [9.17, 15) is 9.59 Å². The average Bonchev–Trinajstić information content (AvgIpc) is 2.94. The number of amides is 2. The number of thioether (sulfide) groups is 6. The Hall–Kier alpha value is -0.580. The van der Waals surface area contributed by atoms with E-state index in [-0.39, 0.29) is 26.4 Å². The molecule has 0 radical (unpaired) electrons. The number of aliphatic hydroxyl groups excluding tert-OH is 2. The number of nitrogens with one attached hydrogen (secondary N) is 2. The number of nitrogens with zero attached hydrogens (tertiary/aromatic N) is 2. The molecule has 0 aliphatic rings. The molecule has 0 heterocycles. The number of aliphatic imine (C=N–C) groups is 2. The summed E-state index contributed by atoms with van der Waals surface area (Å²) in [5.41, 5.74) is 0. The highest BCUT2D eigenvalue weighted by Crippen LogP contribution is 2.13. The summed E-state index contributed by atoms with van der Waals surface area (Å²) >= 11 is 9.49. The van der Waals surface area contributed by atoms with Gasteiger partial charge in [0, 0.05) is 26.8 Å². The molecule has 0 aliphatic heterocycles. The maximum atomic E-state index is 11.6. The van der Waals surface area contributed by atoms with Crippen molar-refractivity contribution in [3.8, 4) is 0 Å². The number of carbonyl (C=O) groups is 2. The minimum Gasteiger partial charge on any atom is -0.449 e. The Morgan fingerprint density at radius 2 is 1.13 bits per heavy atom. The van der Waals surface area contributed by atoms with Crippen molar-refractivity contribution in [2.75, 3.05) is 89.9 Å². The van der Waals surface area contributed by atoms with E-state index < -0.39 is 12.2 Å². The molecule has 0 saturated heterocycles. The van der Waals surface area contributed by atoms with Crippen molar-refractivity contribution in [1.82, 2.24) is 10.6 Å². The second-order valence-electron chi connectivity index (χ2n) is 6.02. The van der Waals surface area contributed by atoms with Crippen LogP contribution in [0, 0.1) is 0 Å². The summed E-state index contributed by atoms with van der Waals surface area (Å²) in [5, 5.41) is 24.6. The number of hydrogen-bond donors (Lipinski definition) is 4. The van der Waals surface area contributed by atoms with Gasteiger partial charge in [-0.3, -0.25) is 0 Å². The van der Waals surface area contributed by atoms with Gasteiger partial charge in [0.25, 0.3) is 0 Å². The Labute approximate surface area is 253 Å². The van der Waals surface area contributed by atoms with E-state index in [0.29, 0.717) is 42.5 Å². The second-order valence-corrected chi connectivity index (χ2v) is 13.2. The van der Waals surface area contributed by atoms with Gasteiger partial charge in [0.15, 0.2) is 0 Å². The molecule has 14 nitrogen and oxygen atoms in total. The van der Waals surface area contributed by atoms with Gasteiger partial charge in [-0.2, -0.15) is 9.78 Å². The standard InChI is InChI=1S/C19H36N4O10S6/c24-1-3-28-18(26)22-13-38-16-37-12-21-10-33-31-6-8-35-15-34-7-5-29-19(27)23-14-39-17-36-11-20-9-32-30-4-2-25/h9-10,24-25H,1-8,11-17H2,(H,22,26)(H,23,27)/b20-9?,21-10+. The third-order valence-corrected chi connectivity index (χ3v) is 9.38. The maximum Gasteiger partial charge on any atom is 0.407 e. The van der Waals surface area contributed by atoms with Crippen LogP contribution in [0.3, 0.4) is 0 Å². The zero-order valence-electron chi connectivity index (χ0n) is 21.3. The van der Waals surface area contributed by atoms with Crippen molar-refractivity contribution in [2.24, 2.45) is 9.98 Å². The third-order valence-electron chi connectivity index (χ3n) is 3.11. The lowest BCUT2D eigenvalue weighted by atomic mass is 10.8. The molecule has 0 aromatic carbocycles. The highest BCUT2D eigenvalue weighted by atomic mass is 32.2. The molecule has 4 N–H and O–H groups in total. The summed E-state index contributed by atoms with van der Waals surface area (Å²) in [7, 11) is 0. The lowest BCUT2D eigenvalue weighted by molar-refractivity contribution is -0.221. The molecule has 0 saturated carbocycles. The Bertz CT molecular complexity index is 631. The van der Waals surface area contributed by atoms with Gasteiger partial charge in [0.05, 0.1) is 36.7 Å². The van der Waals surface area contributed by atoms with Crippen LogP contribution in [0.4, 0.5) is 9.59 Å². The molecule has 0 unspecified atom stereocenters. The monoisotopic (exact) mass is 672 g/mol. The molecule has 0 aromatic heterocycles. The average molecular weight is 673 g/mol. The summed E-state index contributed by atoms with van der Waals surface area (Å²) in [4.78, 5) is 49.7. The zero-order chi connectivity index (χ0) is 28.5. The molecule has 228 valence electrons. The first-order valence-corrected chi connectivity index (χ1v) is 18.2. The fourth-order valence-electron chi connectivity index (χ4n) is 1.62. The van der Waals surface area contributed by atoms with Gasteiger partial charge in [0.2, 0.25) is 12.8 Å². The molecule has 20 heteroatoms. The van der Waals surface area contributed by atoms with E-state index in [1.54, 1.807) is 47.0 Å². The first-order chi connectivity index (χ1) is 19.2. The molecule has 0 aromatic rings. The van der Waals surface area contributed by atoms with Crippen LogP contribution in [0.1, 0.15) is 0 Å². The Morgan fingerprint density at radius 3 is 1.69 bits per heavy atom. The van der Waals surface area contributed by atoms with E-state index in [1.165, 1.54) is 36.3 Å². The Balaban J connectivity index is 3.26. The van der Waals surface area contributed by atoms with Crippen molar-refractivity contribution in [2.45, 2.75) is 0 Å². The Kier molecular flexibility index (Phi) is 33.1. The number of carbonyl (C=O) groups excluding carboxylic acids is 2. The van der Waals surface area contributed by atoms with Crippen molar-refractivity contribution < 1.29 is 48.8 Å². The van der Waals surface area contributed by atoms with Crippen LogP contribution in [0.25, 0.3) is 0 Å². The zero-order valence-corrected chi connectivity index (χ0v) is 26.2. The van der Waals surface area contributed by atoms with E-state index in [0.717, 1.165) is 21.0 Å². The van der Waals surface area contributed by atoms with E-state index >= 15 is 0 Å². The predicted molar refractivity (Wildman–Crippen MR) is 164 cm³/mol. The van der Waals surface area contributed by atoms with Gasteiger partial charge in [0.1, 0.15) is 26.4 Å². The van der Waals surface area contributed by atoms with Gasteiger partial charge in [-0.25, -0.2) is 19.6 Å². The molecular weight excluding hydrogens is 637 g/mol. The summed E-state index contributed by atoms with van der Waals surface area (Å²) in [6.07, 6.45) is 1.45. The van der Waals surface area contributed by atoms with Crippen molar-refractivity contribution >= 4 is 95.6 Å². The van der Waals surface area contributed by atoms with E-state index in [4.69, 9.17) is 24.7 Å². The van der Waals surface area contributed by atoms with Crippen LogP contribution >= 0.6 is 70.6 Å². The summed E-state index contributed by atoms with van der Waals surface area (Å²) in [6.45, 7) is 0.531. The van der Waals surface area contributed by atoms with E-state index in [2.05, 4.69) is 35.1 Å². The van der Waals surface area contributed by atoms with Gasteiger partial charge in [-0.15, -0.1) is 70.6 Å². The molecule has 39 heavy (non-hydrogen) atoms. The molecule has 0 aliphatic carbocycles. The molecule has 2 amide bonds. The first-order valence-electron chi connectivity index (χ1n) is 11.2. The minimum absolute atomic E-state index is 0.0146. The summed E-state index contributed by atoms with van der Waals surface area (Å²) in [5.74, 6) is 3.33. The van der Waals surface area contributed by atoms with Crippen LogP contribution < -0.4 is 10.6 Å². The number of hydrogen-bond acceptors (Lipinski definition) is 18. The normalized spacial score (nSPS) is 11.1. The number of rotatable bonds is 28. The third kappa shape index (κ3) is 33.5. The largest absolute Gasteiger partial charge is 0.449 e. The van der Waals surface area contributed by atoms with Crippen molar-refractivity contribution in [3.63, 3.8) is 0 Å². The molecule has 0 fully saturated rings. The topological polar surface area (TPSA) is 179 Å². The van der Waals surface area contributed by atoms with Crippen LogP contribution in [0.5, 0.6) is 0 Å². The number of ether oxygens (including phenoxy) is 2. The fraction of sp³-hybridized carbons (Fsp3) is 0.789. The molecule has 0 bridgehead atoms. The fourth-order valence-corrected chi connectivity index (χ4v) is 6.40. The Morgan fingerprint density at radius 1 is 0.641 bits per heavy atom. The lowest BCUT2D eigenvalue weighted by Crippen LogP contribution is -2.24. The lowest BCUT2D eigenvalue weighted by Gasteiger charge is -2.06. The van der Waals surface area contributed by atoms with Gasteiger partial charge in [-0.1, -0.05) is 0 Å². The predicted octanol–water partition coefficient (Wildman–Crippen LogP) is 2.48. The van der Waals surface area contributed by atoms with Gasteiger partial charge in [-0.05, 0) is 0 Å².